The Morgan fingerprint density at radius 2 is 1.73 bits per heavy atom. The number of carbonyl (C=O) groups is 6. The molecule has 0 radical (unpaired) electrons. The fourth-order valence-corrected chi connectivity index (χ4v) is 3.79. The van der Waals surface area contributed by atoms with E-state index in [1.165, 1.54) is 4.90 Å². The summed E-state index contributed by atoms with van der Waals surface area (Å²) in [5.41, 5.74) is 10.7. The summed E-state index contributed by atoms with van der Waals surface area (Å²) in [4.78, 5) is 74.2. The van der Waals surface area contributed by atoms with Gasteiger partial charge in [-0.25, -0.2) is 9.59 Å². The maximum atomic E-state index is 13.0. The standard InChI is InChI=1S/C23H40N6O8/c1-2-3-13-37-23(36)28-15(7-4-5-11-24)21(33)27-16(9-10-18(25)30)20(32)26-14-19(31)29-12-6-8-17(29)22(34)35/h15-17H,2-14,24H2,1H3,(H2,25,30)(H,26,32)(H,27,33)(H,28,36)(H,34,35)/t15-,16-,17-/m0/s1. The minimum atomic E-state index is -1.23. The second-order valence-corrected chi connectivity index (χ2v) is 8.84. The molecule has 0 aliphatic carbocycles. The van der Waals surface area contributed by atoms with E-state index in [1.54, 1.807) is 0 Å². The van der Waals surface area contributed by atoms with Crippen LogP contribution in [0.1, 0.15) is 64.7 Å². The van der Waals surface area contributed by atoms with Crippen LogP contribution >= 0.6 is 0 Å². The highest BCUT2D eigenvalue weighted by Crippen LogP contribution is 2.17. The zero-order valence-corrected chi connectivity index (χ0v) is 21.3. The van der Waals surface area contributed by atoms with Crippen molar-refractivity contribution < 1.29 is 38.6 Å². The number of hydrogen-bond donors (Lipinski definition) is 6. The second-order valence-electron chi connectivity index (χ2n) is 8.84. The van der Waals surface area contributed by atoms with E-state index in [2.05, 4.69) is 16.0 Å². The Hall–Kier alpha value is -3.42. The number of amides is 5. The number of unbranched alkanes of at least 4 members (excludes halogenated alkanes) is 2. The Labute approximate surface area is 216 Å². The Morgan fingerprint density at radius 3 is 2.35 bits per heavy atom. The molecule has 0 aromatic heterocycles. The molecule has 1 fully saturated rings. The summed E-state index contributed by atoms with van der Waals surface area (Å²) in [5.74, 6) is -3.81. The molecule has 14 nitrogen and oxygen atoms in total. The second kappa shape index (κ2) is 17.1. The van der Waals surface area contributed by atoms with E-state index in [4.69, 9.17) is 16.2 Å². The lowest BCUT2D eigenvalue weighted by molar-refractivity contribution is -0.148. The predicted molar refractivity (Wildman–Crippen MR) is 132 cm³/mol. The summed E-state index contributed by atoms with van der Waals surface area (Å²) in [6.45, 7) is 2.31. The molecule has 1 saturated heterocycles. The van der Waals surface area contributed by atoms with Gasteiger partial charge in [0.1, 0.15) is 18.1 Å². The van der Waals surface area contributed by atoms with Crippen LogP contribution in [0.25, 0.3) is 0 Å². The number of carboxylic acid groups (broad SMARTS) is 1. The lowest BCUT2D eigenvalue weighted by atomic mass is 10.1. The normalized spacial score (nSPS) is 16.4. The van der Waals surface area contributed by atoms with E-state index in [0.717, 1.165) is 6.42 Å². The van der Waals surface area contributed by atoms with Gasteiger partial charge in [0.2, 0.25) is 23.6 Å². The third kappa shape index (κ3) is 11.9. The summed E-state index contributed by atoms with van der Waals surface area (Å²) in [6.07, 6.45) is 2.58. The first-order valence-electron chi connectivity index (χ1n) is 12.6. The average molecular weight is 529 g/mol. The van der Waals surface area contributed by atoms with Crippen molar-refractivity contribution in [3.05, 3.63) is 0 Å². The SMILES string of the molecule is CCCCOC(=O)N[C@@H](CCCCN)C(=O)N[C@@H](CCC(N)=O)C(=O)NCC(=O)N1CCC[C@H]1C(=O)O. The number of carbonyl (C=O) groups excluding carboxylic acids is 5. The van der Waals surface area contributed by atoms with Crippen molar-refractivity contribution in [2.45, 2.75) is 82.8 Å². The van der Waals surface area contributed by atoms with Crippen molar-refractivity contribution in [3.63, 3.8) is 0 Å². The van der Waals surface area contributed by atoms with Gasteiger partial charge in [0.25, 0.3) is 0 Å². The molecule has 1 rings (SSSR count). The number of ether oxygens (including phenoxy) is 1. The van der Waals surface area contributed by atoms with Gasteiger partial charge in [-0.05, 0) is 51.5 Å². The number of alkyl carbamates (subject to hydrolysis) is 1. The predicted octanol–water partition coefficient (Wildman–Crippen LogP) is -1.05. The van der Waals surface area contributed by atoms with E-state index >= 15 is 0 Å². The fraction of sp³-hybridized carbons (Fsp3) is 0.739. The van der Waals surface area contributed by atoms with Gasteiger partial charge in [0.15, 0.2) is 0 Å². The Balaban J connectivity index is 2.83. The lowest BCUT2D eigenvalue weighted by Gasteiger charge is -2.24. The molecule has 8 N–H and O–H groups in total. The van der Waals surface area contributed by atoms with Gasteiger partial charge >= 0.3 is 12.1 Å². The number of nitrogens with two attached hydrogens (primary N) is 2. The van der Waals surface area contributed by atoms with Crippen LogP contribution in [0.2, 0.25) is 0 Å². The molecule has 0 aromatic rings. The molecule has 1 heterocycles. The van der Waals surface area contributed by atoms with Crippen LogP contribution in [0, 0.1) is 0 Å². The molecule has 0 bridgehead atoms. The molecular formula is C23H40N6O8. The summed E-state index contributed by atoms with van der Waals surface area (Å²) >= 11 is 0. The van der Waals surface area contributed by atoms with Crippen molar-refractivity contribution in [2.75, 3.05) is 26.2 Å². The molecular weight excluding hydrogens is 488 g/mol. The molecule has 0 spiro atoms. The lowest BCUT2D eigenvalue weighted by Crippen LogP contribution is -2.55. The minimum Gasteiger partial charge on any atom is -0.480 e. The zero-order valence-electron chi connectivity index (χ0n) is 21.3. The van der Waals surface area contributed by atoms with Crippen LogP contribution in [-0.4, -0.2) is 90.1 Å². The summed E-state index contributed by atoms with van der Waals surface area (Å²) in [7, 11) is 0. The van der Waals surface area contributed by atoms with E-state index in [-0.39, 0.29) is 32.4 Å². The molecule has 1 aliphatic rings. The van der Waals surface area contributed by atoms with Gasteiger partial charge in [0.05, 0.1) is 13.2 Å². The molecule has 0 unspecified atom stereocenters. The van der Waals surface area contributed by atoms with Crippen LogP contribution in [0.15, 0.2) is 0 Å². The fourth-order valence-electron chi connectivity index (χ4n) is 3.79. The van der Waals surface area contributed by atoms with Crippen molar-refractivity contribution in [2.24, 2.45) is 11.5 Å². The van der Waals surface area contributed by atoms with Crippen molar-refractivity contribution in [1.82, 2.24) is 20.9 Å². The number of rotatable bonds is 17. The van der Waals surface area contributed by atoms with Crippen LogP contribution in [0.3, 0.4) is 0 Å². The van der Waals surface area contributed by atoms with E-state index < -0.39 is 60.4 Å². The molecule has 1 aliphatic heterocycles. The first-order chi connectivity index (χ1) is 17.6. The Morgan fingerprint density at radius 1 is 1.03 bits per heavy atom. The van der Waals surface area contributed by atoms with E-state index in [9.17, 15) is 33.9 Å². The van der Waals surface area contributed by atoms with Crippen LogP contribution in [0.4, 0.5) is 4.79 Å². The van der Waals surface area contributed by atoms with Crippen LogP contribution < -0.4 is 27.4 Å². The number of hydrogen-bond acceptors (Lipinski definition) is 8. The number of aliphatic carboxylic acids is 1. The van der Waals surface area contributed by atoms with Crippen molar-refractivity contribution in [3.8, 4) is 0 Å². The molecule has 0 saturated carbocycles. The van der Waals surface area contributed by atoms with E-state index in [0.29, 0.717) is 38.6 Å². The van der Waals surface area contributed by atoms with Gasteiger partial charge < -0.3 is 42.2 Å². The number of nitrogens with one attached hydrogen (secondary N) is 3. The first kappa shape index (κ1) is 31.6. The van der Waals surface area contributed by atoms with E-state index in [1.807, 2.05) is 6.92 Å². The van der Waals surface area contributed by atoms with Gasteiger partial charge in [0, 0.05) is 13.0 Å². The highest BCUT2D eigenvalue weighted by Gasteiger charge is 2.34. The third-order valence-electron chi connectivity index (χ3n) is 5.87. The highest BCUT2D eigenvalue weighted by molar-refractivity contribution is 5.93. The summed E-state index contributed by atoms with van der Waals surface area (Å²) in [5, 5.41) is 16.7. The van der Waals surface area contributed by atoms with Crippen LogP contribution in [-0.2, 0) is 28.7 Å². The first-order valence-corrected chi connectivity index (χ1v) is 12.6. The maximum absolute atomic E-state index is 13.0. The van der Waals surface area contributed by atoms with Gasteiger partial charge in [-0.3, -0.25) is 19.2 Å². The minimum absolute atomic E-state index is 0.140. The molecule has 37 heavy (non-hydrogen) atoms. The smallest absolute Gasteiger partial charge is 0.407 e. The van der Waals surface area contributed by atoms with Gasteiger partial charge in [-0.15, -0.1) is 0 Å². The number of nitrogens with zero attached hydrogens (tertiary/aromatic N) is 1. The summed E-state index contributed by atoms with van der Waals surface area (Å²) < 4.78 is 5.06. The molecule has 210 valence electrons. The third-order valence-corrected chi connectivity index (χ3v) is 5.87. The Kier molecular flexibility index (Phi) is 14.6. The molecule has 5 amide bonds. The largest absolute Gasteiger partial charge is 0.480 e. The number of primary amides is 1. The van der Waals surface area contributed by atoms with Crippen molar-refractivity contribution >= 4 is 35.7 Å². The van der Waals surface area contributed by atoms with Crippen LogP contribution in [0.5, 0.6) is 0 Å². The average Bonchev–Trinajstić information content (AvgIpc) is 3.35. The molecule has 0 aromatic carbocycles. The molecule has 14 heteroatoms. The quantitative estimate of drug-likeness (QED) is 0.127. The number of carboxylic acids is 1. The van der Waals surface area contributed by atoms with Gasteiger partial charge in [-0.2, -0.15) is 0 Å². The topological polar surface area (TPSA) is 223 Å². The maximum Gasteiger partial charge on any atom is 0.407 e. The number of likely N-dealkylation sites (tertiary alicyclic amines) is 1. The highest BCUT2D eigenvalue weighted by atomic mass is 16.5. The van der Waals surface area contributed by atoms with Crippen molar-refractivity contribution in [1.29, 1.82) is 0 Å². The van der Waals surface area contributed by atoms with Gasteiger partial charge in [-0.1, -0.05) is 13.3 Å². The molecule has 3 atom stereocenters. The zero-order chi connectivity index (χ0) is 27.8. The monoisotopic (exact) mass is 528 g/mol. The summed E-state index contributed by atoms with van der Waals surface area (Å²) in [6, 6.07) is -3.20. The Bertz CT molecular complexity index is 808.